The molecule has 2 rings (SSSR count). The van der Waals surface area contributed by atoms with E-state index in [1.165, 1.54) is 0 Å². The number of carbonyl (C=O) groups is 2. The van der Waals surface area contributed by atoms with E-state index >= 15 is 0 Å². The molecular weight excluding hydrogens is 304 g/mol. The molecule has 1 saturated heterocycles. The fraction of sp³-hybridized carbons (Fsp3) is 0.474. The lowest BCUT2D eigenvalue weighted by Gasteiger charge is -2.28. The SMILES string of the molecule is C#CCNC(=O)c1ccccc1NC(=O)C[C@@H]1CCO[C@@H](CC)C1. The quantitative estimate of drug-likeness (QED) is 0.789. The molecule has 1 heterocycles. The highest BCUT2D eigenvalue weighted by atomic mass is 16.5. The van der Waals surface area contributed by atoms with Crippen LogP contribution in [0.3, 0.4) is 0 Å². The molecule has 2 atom stereocenters. The molecule has 0 radical (unpaired) electrons. The van der Waals surface area contributed by atoms with Gasteiger partial charge in [-0.1, -0.05) is 25.0 Å². The lowest BCUT2D eigenvalue weighted by atomic mass is 9.91. The van der Waals surface area contributed by atoms with Crippen LogP contribution in [0.15, 0.2) is 24.3 Å². The zero-order valence-corrected chi connectivity index (χ0v) is 14.0. The number of anilines is 1. The van der Waals surface area contributed by atoms with E-state index in [0.29, 0.717) is 30.2 Å². The number of nitrogens with one attached hydrogen (secondary N) is 2. The van der Waals surface area contributed by atoms with E-state index in [9.17, 15) is 9.59 Å². The highest BCUT2D eigenvalue weighted by molar-refractivity contribution is 6.03. The predicted octanol–water partition coefficient (Wildman–Crippen LogP) is 2.58. The molecule has 5 heteroatoms. The van der Waals surface area contributed by atoms with E-state index in [2.05, 4.69) is 23.5 Å². The normalized spacial score (nSPS) is 20.0. The molecule has 1 aromatic rings. The topological polar surface area (TPSA) is 67.4 Å². The molecule has 0 saturated carbocycles. The number of hydrogen-bond donors (Lipinski definition) is 2. The Morgan fingerprint density at radius 3 is 2.92 bits per heavy atom. The monoisotopic (exact) mass is 328 g/mol. The molecule has 1 aliphatic rings. The van der Waals surface area contributed by atoms with Crippen molar-refractivity contribution in [2.24, 2.45) is 5.92 Å². The fourth-order valence-corrected chi connectivity index (χ4v) is 2.91. The highest BCUT2D eigenvalue weighted by Crippen LogP contribution is 2.25. The van der Waals surface area contributed by atoms with Crippen LogP contribution in [-0.4, -0.2) is 31.1 Å². The largest absolute Gasteiger partial charge is 0.378 e. The smallest absolute Gasteiger partial charge is 0.254 e. The van der Waals surface area contributed by atoms with Gasteiger partial charge in [-0.05, 0) is 37.3 Å². The molecule has 24 heavy (non-hydrogen) atoms. The third-order valence-corrected chi connectivity index (χ3v) is 4.20. The number of carbonyl (C=O) groups excluding carboxylic acids is 2. The summed E-state index contributed by atoms with van der Waals surface area (Å²) in [6.45, 7) is 2.96. The third kappa shape index (κ3) is 5.10. The maximum Gasteiger partial charge on any atom is 0.254 e. The van der Waals surface area contributed by atoms with Crippen molar-refractivity contribution in [3.8, 4) is 12.3 Å². The van der Waals surface area contributed by atoms with Gasteiger partial charge >= 0.3 is 0 Å². The maximum atomic E-state index is 12.3. The number of hydrogen-bond acceptors (Lipinski definition) is 3. The van der Waals surface area contributed by atoms with Crippen molar-refractivity contribution < 1.29 is 14.3 Å². The van der Waals surface area contributed by atoms with E-state index in [-0.39, 0.29) is 24.5 Å². The average Bonchev–Trinajstić information content (AvgIpc) is 2.60. The third-order valence-electron chi connectivity index (χ3n) is 4.20. The number of terminal acetylenes is 1. The van der Waals surface area contributed by atoms with Gasteiger partial charge in [-0.2, -0.15) is 0 Å². The van der Waals surface area contributed by atoms with Crippen LogP contribution in [0, 0.1) is 18.3 Å². The van der Waals surface area contributed by atoms with Crippen molar-refractivity contribution in [1.82, 2.24) is 5.32 Å². The van der Waals surface area contributed by atoms with Crippen molar-refractivity contribution in [2.75, 3.05) is 18.5 Å². The zero-order chi connectivity index (χ0) is 17.4. The molecule has 1 aliphatic heterocycles. The van der Waals surface area contributed by atoms with Crippen LogP contribution in [0.25, 0.3) is 0 Å². The molecule has 5 nitrogen and oxygen atoms in total. The number of benzene rings is 1. The molecule has 0 aliphatic carbocycles. The lowest BCUT2D eigenvalue weighted by Crippen LogP contribution is -2.29. The van der Waals surface area contributed by atoms with Crippen LogP contribution >= 0.6 is 0 Å². The van der Waals surface area contributed by atoms with Crippen molar-refractivity contribution >= 4 is 17.5 Å². The second-order valence-electron chi connectivity index (χ2n) is 5.98. The van der Waals surface area contributed by atoms with Gasteiger partial charge < -0.3 is 15.4 Å². The van der Waals surface area contributed by atoms with Gasteiger partial charge in [0.25, 0.3) is 5.91 Å². The second-order valence-corrected chi connectivity index (χ2v) is 5.98. The molecule has 1 fully saturated rings. The van der Waals surface area contributed by atoms with Gasteiger partial charge in [0.05, 0.1) is 23.9 Å². The van der Waals surface area contributed by atoms with Gasteiger partial charge in [0.2, 0.25) is 5.91 Å². The molecular formula is C19H24N2O3. The first-order chi connectivity index (χ1) is 11.6. The summed E-state index contributed by atoms with van der Waals surface area (Å²) in [4.78, 5) is 24.5. The first-order valence-corrected chi connectivity index (χ1v) is 8.36. The molecule has 0 bridgehead atoms. The summed E-state index contributed by atoms with van der Waals surface area (Å²) in [5.74, 6) is 2.32. The molecule has 0 aromatic heterocycles. The molecule has 0 spiro atoms. The summed E-state index contributed by atoms with van der Waals surface area (Å²) in [6, 6.07) is 6.93. The number of rotatable bonds is 6. The average molecular weight is 328 g/mol. The van der Waals surface area contributed by atoms with Gasteiger partial charge in [0, 0.05) is 13.0 Å². The number of ether oxygens (including phenoxy) is 1. The van der Waals surface area contributed by atoms with Crippen LogP contribution in [-0.2, 0) is 9.53 Å². The maximum absolute atomic E-state index is 12.3. The van der Waals surface area contributed by atoms with Crippen LogP contribution < -0.4 is 10.6 Å². The van der Waals surface area contributed by atoms with Crippen molar-refractivity contribution in [3.63, 3.8) is 0 Å². The highest BCUT2D eigenvalue weighted by Gasteiger charge is 2.24. The molecule has 2 amide bonds. The van der Waals surface area contributed by atoms with Crippen molar-refractivity contribution in [3.05, 3.63) is 29.8 Å². The fourth-order valence-electron chi connectivity index (χ4n) is 2.91. The summed E-state index contributed by atoms with van der Waals surface area (Å²) in [5, 5.41) is 5.47. The van der Waals surface area contributed by atoms with E-state index in [1.807, 2.05) is 0 Å². The van der Waals surface area contributed by atoms with E-state index < -0.39 is 0 Å². The van der Waals surface area contributed by atoms with Crippen molar-refractivity contribution in [2.45, 2.75) is 38.7 Å². The van der Waals surface area contributed by atoms with E-state index in [0.717, 1.165) is 19.3 Å². The van der Waals surface area contributed by atoms with E-state index in [1.54, 1.807) is 24.3 Å². The molecule has 0 unspecified atom stereocenters. The summed E-state index contributed by atoms with van der Waals surface area (Å²) in [7, 11) is 0. The Labute approximate surface area is 143 Å². The summed E-state index contributed by atoms with van der Waals surface area (Å²) >= 11 is 0. The van der Waals surface area contributed by atoms with Gasteiger partial charge in [0.1, 0.15) is 0 Å². The Bertz CT molecular complexity index is 621. The van der Waals surface area contributed by atoms with Crippen molar-refractivity contribution in [1.29, 1.82) is 0 Å². The Kier molecular flexibility index (Phi) is 6.83. The minimum atomic E-state index is -0.291. The lowest BCUT2D eigenvalue weighted by molar-refractivity contribution is -0.118. The van der Waals surface area contributed by atoms with Gasteiger partial charge in [0.15, 0.2) is 0 Å². The van der Waals surface area contributed by atoms with Crippen LogP contribution in [0.4, 0.5) is 5.69 Å². The van der Waals surface area contributed by atoms with Gasteiger partial charge in [-0.3, -0.25) is 9.59 Å². The van der Waals surface area contributed by atoms with Crippen LogP contribution in [0.5, 0.6) is 0 Å². The minimum Gasteiger partial charge on any atom is -0.378 e. The first-order valence-electron chi connectivity index (χ1n) is 8.36. The van der Waals surface area contributed by atoms with E-state index in [4.69, 9.17) is 11.2 Å². The Morgan fingerprint density at radius 2 is 2.17 bits per heavy atom. The Hall–Kier alpha value is -2.32. The summed E-state index contributed by atoms with van der Waals surface area (Å²) in [6.07, 6.45) is 8.63. The molecule has 2 N–H and O–H groups in total. The number of para-hydroxylation sites is 1. The zero-order valence-electron chi connectivity index (χ0n) is 14.0. The minimum absolute atomic E-state index is 0.0750. The number of amides is 2. The van der Waals surface area contributed by atoms with Crippen LogP contribution in [0.1, 0.15) is 43.0 Å². The van der Waals surface area contributed by atoms with Gasteiger partial charge in [-0.25, -0.2) is 0 Å². The summed E-state index contributed by atoms with van der Waals surface area (Å²) < 4.78 is 5.64. The Balaban J connectivity index is 1.96. The molecule has 128 valence electrons. The molecule has 1 aromatic carbocycles. The second kappa shape index (κ2) is 9.09. The predicted molar refractivity (Wildman–Crippen MR) is 93.6 cm³/mol. The Morgan fingerprint density at radius 1 is 1.38 bits per heavy atom. The standard InChI is InChI=1S/C19H24N2O3/c1-3-10-20-19(23)16-7-5-6-8-17(16)21-18(22)13-14-9-11-24-15(4-2)12-14/h1,5-8,14-15H,4,9-13H2,2H3,(H,20,23)(H,21,22)/t14-,15+/m1/s1. The summed E-state index contributed by atoms with van der Waals surface area (Å²) in [5.41, 5.74) is 0.927. The first kappa shape index (κ1) is 18.0. The van der Waals surface area contributed by atoms with Gasteiger partial charge in [-0.15, -0.1) is 6.42 Å². The van der Waals surface area contributed by atoms with Crippen LogP contribution in [0.2, 0.25) is 0 Å².